The van der Waals surface area contributed by atoms with Crippen LogP contribution in [0.25, 0.3) is 0 Å². The number of carboxylic acid groups (broad SMARTS) is 1. The van der Waals surface area contributed by atoms with E-state index in [2.05, 4.69) is 5.32 Å². The lowest BCUT2D eigenvalue weighted by atomic mass is 9.84. The molecule has 2 fully saturated rings. The minimum absolute atomic E-state index is 0.0894. The van der Waals surface area contributed by atoms with E-state index in [4.69, 9.17) is 0 Å². The third kappa shape index (κ3) is 4.30. The minimum Gasteiger partial charge on any atom is -0.480 e. The highest BCUT2D eigenvalue weighted by Crippen LogP contribution is 2.26. The van der Waals surface area contributed by atoms with Crippen molar-refractivity contribution in [2.75, 3.05) is 24.6 Å². The van der Waals surface area contributed by atoms with Crippen molar-refractivity contribution in [2.45, 2.75) is 44.6 Å². The Labute approximate surface area is 124 Å². The van der Waals surface area contributed by atoms with Gasteiger partial charge in [-0.1, -0.05) is 19.3 Å². The summed E-state index contributed by atoms with van der Waals surface area (Å²) >= 11 is 1.85. The smallest absolute Gasteiger partial charge is 0.326 e. The summed E-state index contributed by atoms with van der Waals surface area (Å²) in [5.74, 6) is 1.21. The lowest BCUT2D eigenvalue weighted by molar-refractivity contribution is -0.141. The summed E-state index contributed by atoms with van der Waals surface area (Å²) in [6.07, 6.45) is 6.13. The Morgan fingerprint density at radius 1 is 1.10 bits per heavy atom. The molecule has 5 nitrogen and oxygen atoms in total. The Kier molecular flexibility index (Phi) is 6.01. The van der Waals surface area contributed by atoms with Gasteiger partial charge in [0.15, 0.2) is 0 Å². The van der Waals surface area contributed by atoms with Crippen LogP contribution in [0.5, 0.6) is 0 Å². The van der Waals surface area contributed by atoms with Crippen molar-refractivity contribution in [1.29, 1.82) is 0 Å². The molecule has 114 valence electrons. The zero-order valence-corrected chi connectivity index (χ0v) is 12.7. The molecule has 1 atom stereocenters. The van der Waals surface area contributed by atoms with Crippen LogP contribution in [0, 0.1) is 5.92 Å². The molecular weight excluding hydrogens is 276 g/mol. The van der Waals surface area contributed by atoms with Crippen molar-refractivity contribution in [1.82, 2.24) is 10.2 Å². The molecule has 1 heterocycles. The predicted molar refractivity (Wildman–Crippen MR) is 80.0 cm³/mol. The molecule has 0 aromatic carbocycles. The van der Waals surface area contributed by atoms with Crippen LogP contribution in [0.4, 0.5) is 4.79 Å². The number of carbonyl (C=O) groups excluding carboxylic acids is 1. The van der Waals surface area contributed by atoms with Crippen LogP contribution >= 0.6 is 11.8 Å². The van der Waals surface area contributed by atoms with Gasteiger partial charge >= 0.3 is 12.0 Å². The van der Waals surface area contributed by atoms with E-state index in [-0.39, 0.29) is 11.9 Å². The number of hydrogen-bond donors (Lipinski definition) is 2. The molecule has 0 radical (unpaired) electrons. The number of carbonyl (C=O) groups is 2. The Hall–Kier alpha value is -0.910. The summed E-state index contributed by atoms with van der Waals surface area (Å²) < 4.78 is 0. The van der Waals surface area contributed by atoms with E-state index in [1.165, 1.54) is 6.42 Å². The molecule has 0 aromatic heterocycles. The summed E-state index contributed by atoms with van der Waals surface area (Å²) in [5, 5.41) is 12.2. The first kappa shape index (κ1) is 15.5. The number of carboxylic acids is 1. The van der Waals surface area contributed by atoms with E-state index >= 15 is 0 Å². The van der Waals surface area contributed by atoms with Crippen molar-refractivity contribution in [2.24, 2.45) is 5.92 Å². The summed E-state index contributed by atoms with van der Waals surface area (Å²) in [7, 11) is 0. The number of amides is 2. The maximum Gasteiger partial charge on any atom is 0.326 e. The van der Waals surface area contributed by atoms with Crippen molar-refractivity contribution < 1.29 is 14.7 Å². The zero-order valence-electron chi connectivity index (χ0n) is 11.8. The van der Waals surface area contributed by atoms with Gasteiger partial charge in [-0.15, -0.1) is 0 Å². The van der Waals surface area contributed by atoms with E-state index in [9.17, 15) is 14.7 Å². The van der Waals surface area contributed by atoms with E-state index in [1.54, 1.807) is 4.90 Å². The van der Waals surface area contributed by atoms with Gasteiger partial charge in [-0.2, -0.15) is 11.8 Å². The minimum atomic E-state index is -0.894. The quantitative estimate of drug-likeness (QED) is 0.838. The van der Waals surface area contributed by atoms with Crippen LogP contribution in [-0.2, 0) is 4.79 Å². The second-order valence-corrected chi connectivity index (χ2v) is 6.84. The first-order chi connectivity index (χ1) is 9.68. The lowest BCUT2D eigenvalue weighted by Gasteiger charge is -2.30. The van der Waals surface area contributed by atoms with Gasteiger partial charge in [0, 0.05) is 18.8 Å². The number of hydrogen-bond acceptors (Lipinski definition) is 3. The van der Waals surface area contributed by atoms with Crippen LogP contribution < -0.4 is 5.32 Å². The van der Waals surface area contributed by atoms with Gasteiger partial charge in [-0.25, -0.2) is 9.59 Å². The average Bonchev–Trinajstić information content (AvgIpc) is 2.74. The molecule has 1 saturated carbocycles. The van der Waals surface area contributed by atoms with Gasteiger partial charge in [0.1, 0.15) is 6.04 Å². The number of urea groups is 1. The Bertz CT molecular complexity index is 337. The van der Waals surface area contributed by atoms with Crippen molar-refractivity contribution in [3.8, 4) is 0 Å². The van der Waals surface area contributed by atoms with Crippen molar-refractivity contribution >= 4 is 23.8 Å². The van der Waals surface area contributed by atoms with Gasteiger partial charge in [0.05, 0.1) is 0 Å². The third-order valence-electron chi connectivity index (χ3n) is 4.18. The normalized spacial score (nSPS) is 22.9. The van der Waals surface area contributed by atoms with E-state index in [1.807, 2.05) is 11.8 Å². The highest BCUT2D eigenvalue weighted by atomic mass is 32.2. The van der Waals surface area contributed by atoms with Crippen molar-refractivity contribution in [3.05, 3.63) is 0 Å². The first-order valence-electron chi connectivity index (χ1n) is 7.54. The first-order valence-corrected chi connectivity index (χ1v) is 8.70. The second-order valence-electron chi connectivity index (χ2n) is 5.62. The molecule has 2 rings (SSSR count). The number of aliphatic carboxylic acids is 1. The topological polar surface area (TPSA) is 69.6 Å². The van der Waals surface area contributed by atoms with Gasteiger partial charge in [0.25, 0.3) is 0 Å². The fraction of sp³-hybridized carbons (Fsp3) is 0.857. The van der Waals surface area contributed by atoms with Gasteiger partial charge in [-0.05, 0) is 30.9 Å². The molecule has 2 aliphatic rings. The number of rotatable bonds is 3. The maximum atomic E-state index is 12.3. The Balaban J connectivity index is 1.92. The molecule has 20 heavy (non-hydrogen) atoms. The molecule has 1 aliphatic carbocycles. The molecule has 1 saturated heterocycles. The number of thioether (sulfide) groups is 1. The highest BCUT2D eigenvalue weighted by molar-refractivity contribution is 7.99. The Morgan fingerprint density at radius 3 is 2.55 bits per heavy atom. The monoisotopic (exact) mass is 300 g/mol. The van der Waals surface area contributed by atoms with Crippen LogP contribution in [0.2, 0.25) is 0 Å². The molecule has 2 N–H and O–H groups in total. The largest absolute Gasteiger partial charge is 0.480 e. The molecule has 0 bridgehead atoms. The highest BCUT2D eigenvalue weighted by Gasteiger charge is 2.32. The molecule has 2 amide bonds. The second kappa shape index (κ2) is 7.76. The Morgan fingerprint density at radius 2 is 1.85 bits per heavy atom. The molecule has 6 heteroatoms. The summed E-state index contributed by atoms with van der Waals surface area (Å²) in [6.45, 7) is 1.45. The lowest BCUT2D eigenvalue weighted by Crippen LogP contribution is -2.51. The summed E-state index contributed by atoms with van der Waals surface area (Å²) in [4.78, 5) is 25.5. The summed E-state index contributed by atoms with van der Waals surface area (Å²) in [5.41, 5.74) is 0. The van der Waals surface area contributed by atoms with E-state index < -0.39 is 12.0 Å². The molecule has 1 unspecified atom stereocenters. The van der Waals surface area contributed by atoms with Gasteiger partial charge in [-0.3, -0.25) is 0 Å². The molecular formula is C14H24N2O3S. The van der Waals surface area contributed by atoms with Crippen LogP contribution in [0.1, 0.15) is 38.5 Å². The molecule has 1 aliphatic heterocycles. The summed E-state index contributed by atoms with van der Waals surface area (Å²) in [6, 6.07) is -0.927. The fourth-order valence-corrected chi connectivity index (χ4v) is 3.91. The maximum absolute atomic E-state index is 12.3. The van der Waals surface area contributed by atoms with Crippen LogP contribution in [-0.4, -0.2) is 52.6 Å². The number of nitrogens with zero attached hydrogens (tertiary/aromatic N) is 1. The third-order valence-corrected chi connectivity index (χ3v) is 5.22. The standard InChI is InChI=1S/C14H24N2O3S/c17-13(18)12(11-5-2-1-3-6-11)15-14(19)16-7-4-9-20-10-8-16/h11-12H,1-10H2,(H,15,19)(H,17,18). The zero-order chi connectivity index (χ0) is 14.4. The van der Waals surface area contributed by atoms with Crippen molar-refractivity contribution in [3.63, 3.8) is 0 Å². The fourth-order valence-electron chi connectivity index (χ4n) is 3.02. The van der Waals surface area contributed by atoms with Crippen LogP contribution in [0.3, 0.4) is 0 Å². The SMILES string of the molecule is O=C(O)C(NC(=O)N1CCCSCC1)C1CCCCC1. The van der Waals surface area contributed by atoms with Crippen LogP contribution in [0.15, 0.2) is 0 Å². The van der Waals surface area contributed by atoms with E-state index in [0.29, 0.717) is 6.54 Å². The molecule has 0 aromatic rings. The predicted octanol–water partition coefficient (Wildman–Crippen LogP) is 2.17. The van der Waals surface area contributed by atoms with Gasteiger partial charge < -0.3 is 15.3 Å². The van der Waals surface area contributed by atoms with E-state index in [0.717, 1.165) is 50.2 Å². The molecule has 0 spiro atoms. The number of nitrogens with one attached hydrogen (secondary N) is 1. The average molecular weight is 300 g/mol. The van der Waals surface area contributed by atoms with Gasteiger partial charge in [0.2, 0.25) is 0 Å².